The fourth-order valence-electron chi connectivity index (χ4n) is 5.91. The van der Waals surface area contributed by atoms with Gasteiger partial charge in [-0.1, -0.05) is 49.2 Å². The number of nitrogens with zero attached hydrogens (tertiary/aromatic N) is 1. The molecule has 3 aromatic rings. The topological polar surface area (TPSA) is 170 Å². The Balaban J connectivity index is 1.47. The summed E-state index contributed by atoms with van der Waals surface area (Å²) >= 11 is 0. The number of ether oxygens (including phenoxy) is 3. The Hall–Kier alpha value is -4.33. The lowest BCUT2D eigenvalue weighted by Gasteiger charge is -2.27. The third kappa shape index (κ3) is 13.0. The lowest BCUT2D eigenvalue weighted by Crippen LogP contribution is -2.46. The Labute approximate surface area is 306 Å². The number of carbonyl (C=O) groups excluding carboxylic acids is 3. The van der Waals surface area contributed by atoms with Crippen LogP contribution < -0.4 is 14.8 Å². The van der Waals surface area contributed by atoms with E-state index in [0.29, 0.717) is 24.3 Å². The van der Waals surface area contributed by atoms with Crippen LogP contribution >= 0.6 is 0 Å². The van der Waals surface area contributed by atoms with Gasteiger partial charge >= 0.3 is 11.9 Å². The van der Waals surface area contributed by atoms with E-state index in [-0.39, 0.29) is 30.4 Å². The van der Waals surface area contributed by atoms with Gasteiger partial charge in [-0.25, -0.2) is 13.1 Å². The molecule has 1 fully saturated rings. The van der Waals surface area contributed by atoms with Gasteiger partial charge in [-0.3, -0.25) is 19.4 Å². The molecule has 1 heterocycles. The summed E-state index contributed by atoms with van der Waals surface area (Å²) < 4.78 is 44.3. The summed E-state index contributed by atoms with van der Waals surface area (Å²) in [4.78, 5) is 41.4. The van der Waals surface area contributed by atoms with Crippen molar-refractivity contribution in [3.05, 3.63) is 83.7 Å². The Morgan fingerprint density at radius 1 is 0.981 bits per heavy atom. The van der Waals surface area contributed by atoms with Crippen molar-refractivity contribution < 1.29 is 42.1 Å². The standard InChI is InChI=1S/C39H51N3O9S/c1-27(43)49-23-10-24-52(47,48)42-37(45)33-19-18-30(25-34(33)50-32-12-7-5-6-8-13-32)29-16-14-28(15-17-29)20-22-41-35(38(46)51-39(2,3)4)36(44)31-11-9-21-40-26-31/h9,11,14-19,21,25-26,32,35-36,41,44H,5-8,10,12-13,20,22-24H2,1-4H3,(H,42,45)/t35?,36-/m1/s1. The molecule has 1 aliphatic rings. The number of aliphatic hydroxyl groups is 1. The lowest BCUT2D eigenvalue weighted by atomic mass is 10.00. The first kappa shape index (κ1) is 40.4. The zero-order valence-corrected chi connectivity index (χ0v) is 31.2. The summed E-state index contributed by atoms with van der Waals surface area (Å²) in [6, 6.07) is 15.3. The summed E-state index contributed by atoms with van der Waals surface area (Å²) in [5.41, 5.74) is 2.53. The Morgan fingerprint density at radius 3 is 2.31 bits per heavy atom. The highest BCUT2D eigenvalue weighted by atomic mass is 32.2. The Bertz CT molecular complexity index is 1730. The molecule has 3 N–H and O–H groups in total. The number of benzene rings is 2. The number of amides is 1. The molecule has 12 nitrogen and oxygen atoms in total. The molecule has 0 radical (unpaired) electrons. The number of esters is 2. The van der Waals surface area contributed by atoms with Crippen LogP contribution in [0.5, 0.6) is 5.75 Å². The number of carbonyl (C=O) groups is 3. The summed E-state index contributed by atoms with van der Waals surface area (Å²) in [6.45, 7) is 6.89. The molecule has 0 spiro atoms. The largest absolute Gasteiger partial charge is 0.490 e. The Morgan fingerprint density at radius 2 is 1.67 bits per heavy atom. The average molecular weight is 738 g/mol. The SMILES string of the molecule is CC(=O)OCCCS(=O)(=O)NC(=O)c1ccc(-c2ccc(CCNC(C(=O)OC(C)(C)C)[C@H](O)c3cccnc3)cc2)cc1OC1CCCCCC1. The lowest BCUT2D eigenvalue weighted by molar-refractivity contribution is -0.160. The quantitative estimate of drug-likeness (QED) is 0.0972. The minimum atomic E-state index is -3.99. The van der Waals surface area contributed by atoms with Crippen LogP contribution in [-0.2, 0) is 35.5 Å². The van der Waals surface area contributed by atoms with Crippen molar-refractivity contribution in [3.63, 3.8) is 0 Å². The number of hydrogen-bond donors (Lipinski definition) is 3. The van der Waals surface area contributed by atoms with Gasteiger partial charge in [-0.15, -0.1) is 0 Å². The summed E-state index contributed by atoms with van der Waals surface area (Å²) in [7, 11) is -3.99. The van der Waals surface area contributed by atoms with Crippen LogP contribution in [0.15, 0.2) is 67.0 Å². The second-order valence-corrected chi connectivity index (χ2v) is 15.9. The van der Waals surface area contributed by atoms with E-state index in [2.05, 4.69) is 15.0 Å². The molecule has 13 heteroatoms. The van der Waals surface area contributed by atoms with Crippen LogP contribution in [0, 0.1) is 0 Å². The van der Waals surface area contributed by atoms with Gasteiger partial charge in [-0.2, -0.15) is 0 Å². The highest BCUT2D eigenvalue weighted by Gasteiger charge is 2.32. The highest BCUT2D eigenvalue weighted by molar-refractivity contribution is 7.90. The second kappa shape index (κ2) is 19.0. The van der Waals surface area contributed by atoms with Crippen molar-refractivity contribution >= 4 is 27.9 Å². The number of aromatic nitrogens is 1. The van der Waals surface area contributed by atoms with Crippen molar-refractivity contribution in [3.8, 4) is 16.9 Å². The van der Waals surface area contributed by atoms with Crippen molar-refractivity contribution in [1.29, 1.82) is 0 Å². The van der Waals surface area contributed by atoms with E-state index in [9.17, 15) is 27.9 Å². The predicted octanol–water partition coefficient (Wildman–Crippen LogP) is 5.44. The molecule has 282 valence electrons. The van der Waals surface area contributed by atoms with Gasteiger partial charge in [-0.05, 0) is 94.2 Å². The molecular formula is C39H51N3O9S. The number of rotatable bonds is 16. The van der Waals surface area contributed by atoms with Gasteiger partial charge in [0.2, 0.25) is 10.0 Å². The molecule has 1 aliphatic carbocycles. The average Bonchev–Trinajstić information content (AvgIpc) is 3.36. The molecule has 4 rings (SSSR count). The molecule has 0 saturated heterocycles. The molecule has 0 bridgehead atoms. The smallest absolute Gasteiger partial charge is 0.326 e. The first-order valence-corrected chi connectivity index (χ1v) is 19.5. The van der Waals surface area contributed by atoms with Crippen molar-refractivity contribution in [2.24, 2.45) is 0 Å². The third-order valence-corrected chi connectivity index (χ3v) is 9.82. The minimum Gasteiger partial charge on any atom is -0.490 e. The highest BCUT2D eigenvalue weighted by Crippen LogP contribution is 2.31. The van der Waals surface area contributed by atoms with Crippen LogP contribution in [0.1, 0.15) is 100 Å². The summed E-state index contributed by atoms with van der Waals surface area (Å²) in [5.74, 6) is -1.92. The van der Waals surface area contributed by atoms with E-state index >= 15 is 0 Å². The maximum Gasteiger partial charge on any atom is 0.326 e. The number of hydrogen-bond acceptors (Lipinski definition) is 11. The number of pyridine rings is 1. The zero-order chi connectivity index (χ0) is 37.7. The molecule has 0 aliphatic heterocycles. The monoisotopic (exact) mass is 737 g/mol. The molecule has 1 amide bonds. The fraction of sp³-hybridized carbons (Fsp3) is 0.487. The molecule has 1 unspecified atom stereocenters. The number of aliphatic hydroxyl groups excluding tert-OH is 1. The third-order valence-electron chi connectivity index (χ3n) is 8.50. The minimum absolute atomic E-state index is 0.0519. The van der Waals surface area contributed by atoms with E-state index in [4.69, 9.17) is 14.2 Å². The predicted molar refractivity (Wildman–Crippen MR) is 197 cm³/mol. The number of sulfonamides is 1. The molecule has 1 aromatic heterocycles. The van der Waals surface area contributed by atoms with Crippen LogP contribution in [0.2, 0.25) is 0 Å². The van der Waals surface area contributed by atoms with Crippen LogP contribution in [0.3, 0.4) is 0 Å². The number of nitrogens with one attached hydrogen (secondary N) is 2. The summed E-state index contributed by atoms with van der Waals surface area (Å²) in [6.07, 6.45) is 8.43. The van der Waals surface area contributed by atoms with Gasteiger partial charge in [0.25, 0.3) is 5.91 Å². The zero-order valence-electron chi connectivity index (χ0n) is 30.4. The van der Waals surface area contributed by atoms with E-state index in [1.807, 2.05) is 24.3 Å². The van der Waals surface area contributed by atoms with Crippen LogP contribution in [-0.4, -0.2) is 73.0 Å². The normalized spacial score (nSPS) is 15.2. The fourth-order valence-corrected chi connectivity index (χ4v) is 6.90. The van der Waals surface area contributed by atoms with E-state index < -0.39 is 45.6 Å². The Kier molecular flexibility index (Phi) is 14.7. The van der Waals surface area contributed by atoms with Crippen molar-refractivity contribution in [1.82, 2.24) is 15.0 Å². The van der Waals surface area contributed by atoms with E-state index in [1.165, 1.54) is 13.1 Å². The molecule has 2 atom stereocenters. The van der Waals surface area contributed by atoms with E-state index in [1.54, 1.807) is 57.3 Å². The molecule has 2 aromatic carbocycles. The summed E-state index contributed by atoms with van der Waals surface area (Å²) in [5, 5.41) is 14.2. The van der Waals surface area contributed by atoms with Crippen LogP contribution in [0.4, 0.5) is 0 Å². The van der Waals surface area contributed by atoms with Crippen LogP contribution in [0.25, 0.3) is 11.1 Å². The van der Waals surface area contributed by atoms with Crippen molar-refractivity contribution in [2.75, 3.05) is 18.9 Å². The van der Waals surface area contributed by atoms with Gasteiger partial charge < -0.3 is 24.6 Å². The van der Waals surface area contributed by atoms with Gasteiger partial charge in [0.05, 0.1) is 24.0 Å². The van der Waals surface area contributed by atoms with Gasteiger partial charge in [0.15, 0.2) is 0 Å². The van der Waals surface area contributed by atoms with Gasteiger partial charge in [0, 0.05) is 31.4 Å². The van der Waals surface area contributed by atoms with Gasteiger partial charge in [0.1, 0.15) is 23.5 Å². The first-order chi connectivity index (χ1) is 24.7. The van der Waals surface area contributed by atoms with Crippen molar-refractivity contribution in [2.45, 2.75) is 103 Å². The maximum absolute atomic E-state index is 13.3. The first-order valence-electron chi connectivity index (χ1n) is 17.8. The maximum atomic E-state index is 13.3. The second-order valence-electron chi connectivity index (χ2n) is 14.0. The molecule has 52 heavy (non-hydrogen) atoms. The molecular weight excluding hydrogens is 687 g/mol. The van der Waals surface area contributed by atoms with E-state index in [0.717, 1.165) is 55.2 Å². The molecule has 1 saturated carbocycles.